The van der Waals surface area contributed by atoms with Crippen LogP contribution in [0.1, 0.15) is 54.0 Å². The molecule has 0 bridgehead atoms. The Labute approximate surface area is 163 Å². The molecule has 0 saturated heterocycles. The summed E-state index contributed by atoms with van der Waals surface area (Å²) in [5, 5.41) is 10.7. The summed E-state index contributed by atoms with van der Waals surface area (Å²) >= 11 is 1.71. The molecule has 0 spiro atoms. The Bertz CT molecular complexity index is 856. The number of nitrogens with zero attached hydrogens (tertiary/aromatic N) is 1. The molecule has 2 aromatic heterocycles. The Hall–Kier alpha value is -2.44. The first kappa shape index (κ1) is 19.3. The van der Waals surface area contributed by atoms with Gasteiger partial charge in [0.1, 0.15) is 11.8 Å². The van der Waals surface area contributed by atoms with Crippen molar-refractivity contribution in [3.63, 3.8) is 0 Å². The average molecular weight is 385 g/mol. The van der Waals surface area contributed by atoms with Gasteiger partial charge in [0.2, 0.25) is 0 Å². The zero-order valence-corrected chi connectivity index (χ0v) is 16.8. The number of hydrogen-bond donors (Lipinski definition) is 2. The van der Waals surface area contributed by atoms with E-state index in [9.17, 15) is 4.79 Å². The molecule has 0 radical (unpaired) electrons. The van der Waals surface area contributed by atoms with Gasteiger partial charge in [-0.3, -0.25) is 4.79 Å². The summed E-state index contributed by atoms with van der Waals surface area (Å²) in [6, 6.07) is 14.7. The molecule has 0 aliphatic carbocycles. The van der Waals surface area contributed by atoms with Crippen molar-refractivity contribution in [2.75, 3.05) is 11.9 Å². The number of nitrogens with two attached hydrogens (primary N) is 1. The molecule has 0 aliphatic heterocycles. The molecular weight excluding hydrogens is 358 g/mol. The van der Waals surface area contributed by atoms with Gasteiger partial charge in [0.15, 0.2) is 12.4 Å². The Morgan fingerprint density at radius 3 is 2.59 bits per heavy atom. The summed E-state index contributed by atoms with van der Waals surface area (Å²) in [7, 11) is 0. The fraction of sp³-hybridized carbons (Fsp3) is 0.333. The SMILES string of the molecule is CC[C@@H](C)c1ccc([C@H]([NH2+]CC(=O)Nc2cc(C)on2)c2cccs2)cc1. The van der Waals surface area contributed by atoms with Crippen molar-refractivity contribution >= 4 is 23.1 Å². The second-order valence-electron chi connectivity index (χ2n) is 6.78. The normalized spacial score (nSPS) is 13.3. The summed E-state index contributed by atoms with van der Waals surface area (Å²) in [5.41, 5.74) is 2.56. The van der Waals surface area contributed by atoms with Crippen molar-refractivity contribution in [1.29, 1.82) is 0 Å². The number of benzene rings is 1. The zero-order chi connectivity index (χ0) is 19.2. The van der Waals surface area contributed by atoms with Crippen LogP contribution in [0.4, 0.5) is 5.82 Å². The van der Waals surface area contributed by atoms with Gasteiger partial charge in [-0.25, -0.2) is 0 Å². The highest BCUT2D eigenvalue weighted by atomic mass is 32.1. The number of carbonyl (C=O) groups is 1. The summed E-state index contributed by atoms with van der Waals surface area (Å²) in [4.78, 5) is 13.5. The first-order chi connectivity index (χ1) is 13.1. The van der Waals surface area contributed by atoms with Crippen LogP contribution in [0, 0.1) is 6.92 Å². The second-order valence-corrected chi connectivity index (χ2v) is 7.76. The topological polar surface area (TPSA) is 71.7 Å². The third-order valence-corrected chi connectivity index (χ3v) is 5.72. The van der Waals surface area contributed by atoms with Crippen LogP contribution < -0.4 is 10.6 Å². The largest absolute Gasteiger partial charge is 0.360 e. The Balaban J connectivity index is 1.69. The van der Waals surface area contributed by atoms with Gasteiger partial charge in [0.05, 0.1) is 4.88 Å². The van der Waals surface area contributed by atoms with Crippen LogP contribution in [-0.2, 0) is 4.79 Å². The lowest BCUT2D eigenvalue weighted by Crippen LogP contribution is -2.87. The number of amides is 1. The highest BCUT2D eigenvalue weighted by Gasteiger charge is 2.20. The van der Waals surface area contributed by atoms with Crippen molar-refractivity contribution in [1.82, 2.24) is 5.16 Å². The lowest BCUT2D eigenvalue weighted by molar-refractivity contribution is -0.675. The first-order valence-corrected chi connectivity index (χ1v) is 10.1. The monoisotopic (exact) mass is 384 g/mol. The van der Waals surface area contributed by atoms with Crippen molar-refractivity contribution in [3.8, 4) is 0 Å². The summed E-state index contributed by atoms with van der Waals surface area (Å²) in [6.45, 7) is 6.55. The molecule has 27 heavy (non-hydrogen) atoms. The van der Waals surface area contributed by atoms with Gasteiger partial charge in [0.25, 0.3) is 5.91 Å². The van der Waals surface area contributed by atoms with Gasteiger partial charge >= 0.3 is 0 Å². The molecule has 142 valence electrons. The van der Waals surface area contributed by atoms with E-state index in [0.29, 0.717) is 24.0 Å². The maximum absolute atomic E-state index is 12.3. The van der Waals surface area contributed by atoms with Crippen molar-refractivity contribution < 1.29 is 14.6 Å². The second kappa shape index (κ2) is 8.97. The van der Waals surface area contributed by atoms with E-state index in [4.69, 9.17) is 4.52 Å². The molecule has 5 nitrogen and oxygen atoms in total. The van der Waals surface area contributed by atoms with Crippen LogP contribution >= 0.6 is 11.3 Å². The van der Waals surface area contributed by atoms with Crippen LogP contribution in [0.15, 0.2) is 52.4 Å². The van der Waals surface area contributed by atoms with Crippen molar-refractivity contribution in [2.45, 2.75) is 39.2 Å². The number of aryl methyl sites for hydroxylation is 1. The standard InChI is InChI=1S/C21H25N3O2S/c1-4-14(2)16-7-9-17(10-8-16)21(18-6-5-11-27-18)22-13-20(25)23-19-12-15(3)26-24-19/h5-12,14,21-22H,4,13H2,1-3H3,(H,23,24,25)/p+1/t14-,21+/m1/s1. The van der Waals surface area contributed by atoms with Crippen LogP contribution in [0.3, 0.4) is 0 Å². The predicted octanol–water partition coefficient (Wildman–Crippen LogP) is 3.85. The minimum Gasteiger partial charge on any atom is -0.360 e. The lowest BCUT2D eigenvalue weighted by Gasteiger charge is -2.16. The Morgan fingerprint density at radius 2 is 2.00 bits per heavy atom. The van der Waals surface area contributed by atoms with Gasteiger partial charge < -0.3 is 15.2 Å². The summed E-state index contributed by atoms with van der Waals surface area (Å²) in [5.74, 6) is 1.59. The fourth-order valence-electron chi connectivity index (χ4n) is 3.00. The highest BCUT2D eigenvalue weighted by Crippen LogP contribution is 2.25. The average Bonchev–Trinajstić information content (AvgIpc) is 3.34. The minimum absolute atomic E-state index is 0.0962. The quantitative estimate of drug-likeness (QED) is 0.620. The third kappa shape index (κ3) is 5.05. The van der Waals surface area contributed by atoms with Crippen molar-refractivity contribution in [2.24, 2.45) is 0 Å². The van der Waals surface area contributed by atoms with E-state index in [1.807, 2.05) is 6.07 Å². The molecule has 1 amide bonds. The summed E-state index contributed by atoms with van der Waals surface area (Å²) in [6.07, 6.45) is 1.13. The molecule has 2 heterocycles. The Kier molecular flexibility index (Phi) is 6.42. The van der Waals surface area contributed by atoms with Crippen molar-refractivity contribution in [3.05, 3.63) is 69.6 Å². The molecule has 6 heteroatoms. The smallest absolute Gasteiger partial charge is 0.280 e. The minimum atomic E-state index is -0.0962. The van der Waals surface area contributed by atoms with Crippen LogP contribution in [0.5, 0.6) is 0 Å². The van der Waals surface area contributed by atoms with E-state index in [0.717, 1.165) is 6.42 Å². The number of quaternary nitrogens is 1. The molecule has 0 saturated carbocycles. The van der Waals surface area contributed by atoms with Gasteiger partial charge in [0, 0.05) is 11.6 Å². The molecule has 3 rings (SSSR count). The number of rotatable bonds is 8. The van der Waals surface area contributed by atoms with E-state index in [1.54, 1.807) is 24.3 Å². The van der Waals surface area contributed by atoms with Gasteiger partial charge in [-0.2, -0.15) is 0 Å². The number of aromatic nitrogens is 1. The number of carbonyl (C=O) groups excluding carboxylic acids is 1. The Morgan fingerprint density at radius 1 is 1.26 bits per heavy atom. The van der Waals surface area contributed by atoms with Gasteiger partial charge in [-0.15, -0.1) is 11.3 Å². The van der Waals surface area contributed by atoms with E-state index in [2.05, 4.69) is 65.3 Å². The molecule has 1 aromatic carbocycles. The molecule has 0 aliphatic rings. The predicted molar refractivity (Wildman–Crippen MR) is 108 cm³/mol. The number of thiophene rings is 1. The molecule has 0 unspecified atom stereocenters. The van der Waals surface area contributed by atoms with Gasteiger partial charge in [-0.1, -0.05) is 49.3 Å². The molecule has 0 fully saturated rings. The number of hydrogen-bond acceptors (Lipinski definition) is 4. The third-order valence-electron chi connectivity index (χ3n) is 4.76. The zero-order valence-electron chi connectivity index (χ0n) is 15.9. The summed E-state index contributed by atoms with van der Waals surface area (Å²) < 4.78 is 4.99. The van der Waals surface area contributed by atoms with E-state index >= 15 is 0 Å². The van der Waals surface area contributed by atoms with Gasteiger partial charge in [-0.05, 0) is 36.3 Å². The fourth-order valence-corrected chi connectivity index (χ4v) is 3.85. The molecular formula is C21H26N3O2S+. The highest BCUT2D eigenvalue weighted by molar-refractivity contribution is 7.10. The molecule has 2 atom stereocenters. The number of anilines is 1. The van der Waals surface area contributed by atoms with Crippen LogP contribution in [-0.4, -0.2) is 17.6 Å². The van der Waals surface area contributed by atoms with Crippen LogP contribution in [0.25, 0.3) is 0 Å². The number of nitrogens with one attached hydrogen (secondary N) is 1. The lowest BCUT2D eigenvalue weighted by atomic mass is 9.95. The maximum atomic E-state index is 12.3. The van der Waals surface area contributed by atoms with Crippen LogP contribution in [0.2, 0.25) is 0 Å². The molecule has 3 N–H and O–H groups in total. The first-order valence-electron chi connectivity index (χ1n) is 9.26. The molecule has 3 aromatic rings. The van der Waals surface area contributed by atoms with E-state index in [-0.39, 0.29) is 11.9 Å². The maximum Gasteiger partial charge on any atom is 0.280 e. The van der Waals surface area contributed by atoms with E-state index in [1.165, 1.54) is 16.0 Å². The van der Waals surface area contributed by atoms with E-state index < -0.39 is 0 Å².